The van der Waals surface area contributed by atoms with E-state index in [1.165, 1.54) is 0 Å². The number of aryl methyl sites for hydroxylation is 1. The van der Waals surface area contributed by atoms with Gasteiger partial charge in [-0.1, -0.05) is 17.3 Å². The summed E-state index contributed by atoms with van der Waals surface area (Å²) < 4.78 is 11.3. The molecule has 0 fully saturated rings. The van der Waals surface area contributed by atoms with Crippen LogP contribution in [0.1, 0.15) is 42.3 Å². The van der Waals surface area contributed by atoms with Crippen molar-refractivity contribution in [1.82, 2.24) is 5.32 Å². The maximum atomic E-state index is 9.30. The van der Waals surface area contributed by atoms with Crippen molar-refractivity contribution in [3.05, 3.63) is 58.7 Å². The SMILES string of the molecule is CCOc1ccc(C2NC(c3ccc(CO)c(C)c3)=NO2)cc1OCC. The first-order valence-corrected chi connectivity index (χ1v) is 8.76. The van der Waals surface area contributed by atoms with Gasteiger partial charge in [-0.25, -0.2) is 0 Å². The fourth-order valence-electron chi connectivity index (χ4n) is 2.81. The van der Waals surface area contributed by atoms with Crippen molar-refractivity contribution < 1.29 is 19.4 Å². The van der Waals surface area contributed by atoms with E-state index in [9.17, 15) is 5.11 Å². The molecular weight excluding hydrogens is 332 g/mol. The molecule has 3 rings (SSSR count). The highest BCUT2D eigenvalue weighted by molar-refractivity contribution is 5.99. The van der Waals surface area contributed by atoms with Gasteiger partial charge in [0.2, 0.25) is 6.23 Å². The second-order valence-corrected chi connectivity index (χ2v) is 5.94. The van der Waals surface area contributed by atoms with Crippen LogP contribution in [0.15, 0.2) is 41.6 Å². The largest absolute Gasteiger partial charge is 0.490 e. The molecule has 0 spiro atoms. The number of amidine groups is 1. The zero-order chi connectivity index (χ0) is 18.5. The summed E-state index contributed by atoms with van der Waals surface area (Å²) >= 11 is 0. The van der Waals surface area contributed by atoms with Gasteiger partial charge in [0.15, 0.2) is 17.3 Å². The standard InChI is InChI=1S/C20H24N2O4/c1-4-24-17-9-8-15(11-18(17)25-5-2)20-21-19(22-26-20)14-6-7-16(12-23)13(3)10-14/h6-11,20,23H,4-5,12H2,1-3H3,(H,21,22). The Bertz CT molecular complexity index is 804. The fourth-order valence-corrected chi connectivity index (χ4v) is 2.81. The molecule has 6 heteroatoms. The molecule has 0 aromatic heterocycles. The molecule has 1 heterocycles. The third-order valence-electron chi connectivity index (χ3n) is 4.17. The van der Waals surface area contributed by atoms with Gasteiger partial charge in [-0.3, -0.25) is 0 Å². The van der Waals surface area contributed by atoms with Crippen molar-refractivity contribution in [3.63, 3.8) is 0 Å². The predicted octanol–water partition coefficient (Wildman–Crippen LogP) is 3.26. The van der Waals surface area contributed by atoms with E-state index in [1.807, 2.05) is 57.2 Å². The molecule has 2 aromatic rings. The summed E-state index contributed by atoms with van der Waals surface area (Å²) in [6, 6.07) is 11.5. The maximum absolute atomic E-state index is 9.30. The number of nitrogens with zero attached hydrogens (tertiary/aromatic N) is 1. The zero-order valence-corrected chi connectivity index (χ0v) is 15.3. The van der Waals surface area contributed by atoms with E-state index in [0.29, 0.717) is 30.5 Å². The molecule has 2 aromatic carbocycles. The fraction of sp³-hybridized carbons (Fsp3) is 0.350. The Labute approximate surface area is 153 Å². The second kappa shape index (κ2) is 8.10. The summed E-state index contributed by atoms with van der Waals surface area (Å²) in [5, 5.41) is 16.7. The lowest BCUT2D eigenvalue weighted by molar-refractivity contribution is 0.0726. The summed E-state index contributed by atoms with van der Waals surface area (Å²) in [5.41, 5.74) is 3.73. The lowest BCUT2D eigenvalue weighted by Crippen LogP contribution is -2.23. The van der Waals surface area contributed by atoms with Crippen LogP contribution >= 0.6 is 0 Å². The number of benzene rings is 2. The highest BCUT2D eigenvalue weighted by Crippen LogP contribution is 2.32. The van der Waals surface area contributed by atoms with E-state index in [0.717, 1.165) is 22.3 Å². The predicted molar refractivity (Wildman–Crippen MR) is 99.4 cm³/mol. The number of hydrogen-bond acceptors (Lipinski definition) is 6. The van der Waals surface area contributed by atoms with Crippen LogP contribution < -0.4 is 14.8 Å². The minimum absolute atomic E-state index is 0.0253. The smallest absolute Gasteiger partial charge is 0.225 e. The van der Waals surface area contributed by atoms with Gasteiger partial charge < -0.3 is 24.7 Å². The summed E-state index contributed by atoms with van der Waals surface area (Å²) in [4.78, 5) is 5.57. The number of aliphatic hydroxyl groups excluding tert-OH is 1. The van der Waals surface area contributed by atoms with Crippen molar-refractivity contribution in [2.45, 2.75) is 33.6 Å². The number of rotatable bonds is 7. The molecule has 0 aliphatic carbocycles. The van der Waals surface area contributed by atoms with Crippen LogP contribution in [0, 0.1) is 6.92 Å². The molecule has 0 radical (unpaired) electrons. The average Bonchev–Trinajstić information content (AvgIpc) is 3.13. The van der Waals surface area contributed by atoms with Crippen LogP contribution in [-0.2, 0) is 11.4 Å². The molecule has 1 aliphatic rings. The summed E-state index contributed by atoms with van der Waals surface area (Å²) in [7, 11) is 0. The summed E-state index contributed by atoms with van der Waals surface area (Å²) in [6.07, 6.45) is -0.391. The molecule has 26 heavy (non-hydrogen) atoms. The van der Waals surface area contributed by atoms with E-state index in [-0.39, 0.29) is 6.61 Å². The number of nitrogens with one attached hydrogen (secondary N) is 1. The molecule has 1 atom stereocenters. The van der Waals surface area contributed by atoms with Crippen LogP contribution in [0.25, 0.3) is 0 Å². The molecule has 0 saturated carbocycles. The van der Waals surface area contributed by atoms with Gasteiger partial charge in [-0.15, -0.1) is 0 Å². The Hall–Kier alpha value is -2.73. The molecular formula is C20H24N2O4. The minimum atomic E-state index is -0.391. The molecule has 1 aliphatic heterocycles. The number of aliphatic hydroxyl groups is 1. The quantitative estimate of drug-likeness (QED) is 0.797. The number of oxime groups is 1. The van der Waals surface area contributed by atoms with Crippen molar-refractivity contribution in [2.24, 2.45) is 5.16 Å². The van der Waals surface area contributed by atoms with Crippen LogP contribution in [0.3, 0.4) is 0 Å². The van der Waals surface area contributed by atoms with Crippen molar-refractivity contribution >= 4 is 5.84 Å². The van der Waals surface area contributed by atoms with Gasteiger partial charge >= 0.3 is 0 Å². The molecule has 1 unspecified atom stereocenters. The highest BCUT2D eigenvalue weighted by atomic mass is 16.7. The Morgan fingerprint density at radius 2 is 1.85 bits per heavy atom. The van der Waals surface area contributed by atoms with Gasteiger partial charge in [-0.05, 0) is 56.2 Å². The van der Waals surface area contributed by atoms with Gasteiger partial charge in [0, 0.05) is 11.1 Å². The van der Waals surface area contributed by atoms with Crippen LogP contribution in [-0.4, -0.2) is 24.2 Å². The van der Waals surface area contributed by atoms with Gasteiger partial charge in [0.25, 0.3) is 0 Å². The minimum Gasteiger partial charge on any atom is -0.490 e. The van der Waals surface area contributed by atoms with E-state index in [4.69, 9.17) is 14.3 Å². The normalized spacial score (nSPS) is 15.8. The maximum Gasteiger partial charge on any atom is 0.225 e. The van der Waals surface area contributed by atoms with Gasteiger partial charge in [-0.2, -0.15) is 0 Å². The average molecular weight is 356 g/mol. The number of ether oxygens (including phenoxy) is 2. The van der Waals surface area contributed by atoms with Crippen LogP contribution in [0.5, 0.6) is 11.5 Å². The van der Waals surface area contributed by atoms with Gasteiger partial charge in [0.1, 0.15) is 0 Å². The number of hydrogen-bond donors (Lipinski definition) is 2. The summed E-state index contributed by atoms with van der Waals surface area (Å²) in [6.45, 7) is 7.00. The Balaban J connectivity index is 1.77. The van der Waals surface area contributed by atoms with E-state index in [2.05, 4.69) is 10.5 Å². The lowest BCUT2D eigenvalue weighted by Gasteiger charge is -2.15. The first-order valence-electron chi connectivity index (χ1n) is 8.76. The van der Waals surface area contributed by atoms with Crippen molar-refractivity contribution in [3.8, 4) is 11.5 Å². The molecule has 0 saturated heterocycles. The van der Waals surface area contributed by atoms with E-state index in [1.54, 1.807) is 0 Å². The molecule has 138 valence electrons. The third-order valence-corrected chi connectivity index (χ3v) is 4.17. The second-order valence-electron chi connectivity index (χ2n) is 5.94. The molecule has 2 N–H and O–H groups in total. The van der Waals surface area contributed by atoms with Gasteiger partial charge in [0.05, 0.1) is 19.8 Å². The van der Waals surface area contributed by atoms with Crippen LogP contribution in [0.4, 0.5) is 0 Å². The Morgan fingerprint density at radius 3 is 2.54 bits per heavy atom. The monoisotopic (exact) mass is 356 g/mol. The topological polar surface area (TPSA) is 72.3 Å². The van der Waals surface area contributed by atoms with Crippen molar-refractivity contribution in [1.29, 1.82) is 0 Å². The molecule has 0 amide bonds. The Kier molecular flexibility index (Phi) is 5.63. The van der Waals surface area contributed by atoms with E-state index >= 15 is 0 Å². The van der Waals surface area contributed by atoms with Crippen molar-refractivity contribution in [2.75, 3.05) is 13.2 Å². The Morgan fingerprint density at radius 1 is 1.08 bits per heavy atom. The molecule has 6 nitrogen and oxygen atoms in total. The summed E-state index contributed by atoms with van der Waals surface area (Å²) in [5.74, 6) is 2.07. The first kappa shape index (κ1) is 18.1. The first-order chi connectivity index (χ1) is 12.7. The lowest BCUT2D eigenvalue weighted by atomic mass is 10.0. The zero-order valence-electron chi connectivity index (χ0n) is 15.3. The van der Waals surface area contributed by atoms with Crippen LogP contribution in [0.2, 0.25) is 0 Å². The van der Waals surface area contributed by atoms with E-state index < -0.39 is 6.23 Å². The molecule has 0 bridgehead atoms. The highest BCUT2D eigenvalue weighted by Gasteiger charge is 2.24. The third kappa shape index (κ3) is 3.75.